The lowest BCUT2D eigenvalue weighted by Crippen LogP contribution is -2.35. The Bertz CT molecular complexity index is 399. The number of nitrogens with one attached hydrogen (secondary N) is 1. The Morgan fingerprint density at radius 2 is 2.19 bits per heavy atom. The smallest absolute Gasteiger partial charge is 0.233 e. The molecule has 120 valence electrons. The average Bonchev–Trinajstić information content (AvgIpc) is 3.13. The van der Waals surface area contributed by atoms with Crippen LogP contribution >= 0.6 is 0 Å². The summed E-state index contributed by atoms with van der Waals surface area (Å²) in [6.07, 6.45) is 1.74. The van der Waals surface area contributed by atoms with Crippen molar-refractivity contribution in [1.29, 1.82) is 0 Å². The van der Waals surface area contributed by atoms with Crippen molar-refractivity contribution in [2.75, 3.05) is 46.7 Å². The summed E-state index contributed by atoms with van der Waals surface area (Å²) in [4.78, 5) is 4.46. The van der Waals surface area contributed by atoms with Gasteiger partial charge in [-0.25, -0.2) is 0 Å². The van der Waals surface area contributed by atoms with Crippen molar-refractivity contribution < 1.29 is 18.7 Å². The number of ether oxygens (including phenoxy) is 3. The molecule has 0 aromatic carbocycles. The van der Waals surface area contributed by atoms with E-state index < -0.39 is 0 Å². The minimum Gasteiger partial charge on any atom is -0.382 e. The van der Waals surface area contributed by atoms with Gasteiger partial charge in [-0.1, -0.05) is 12.1 Å². The molecule has 7 nitrogen and oxygen atoms in total. The predicted molar refractivity (Wildman–Crippen MR) is 76.3 cm³/mol. The second-order valence-corrected chi connectivity index (χ2v) is 5.11. The van der Waals surface area contributed by atoms with Gasteiger partial charge >= 0.3 is 0 Å². The van der Waals surface area contributed by atoms with Crippen LogP contribution in [0.25, 0.3) is 0 Å². The van der Waals surface area contributed by atoms with E-state index in [0.29, 0.717) is 51.2 Å². The largest absolute Gasteiger partial charge is 0.382 e. The third kappa shape index (κ3) is 5.03. The lowest BCUT2D eigenvalue weighted by Gasteiger charge is -2.14. The fourth-order valence-corrected chi connectivity index (χ4v) is 2.26. The molecule has 2 atom stereocenters. The van der Waals surface area contributed by atoms with Gasteiger partial charge in [0.15, 0.2) is 5.82 Å². The maximum absolute atomic E-state index is 5.53. The molecule has 1 aromatic heterocycles. The molecule has 1 aliphatic heterocycles. The van der Waals surface area contributed by atoms with Crippen LogP contribution in [0.4, 0.5) is 0 Å². The quantitative estimate of drug-likeness (QED) is 0.639. The van der Waals surface area contributed by atoms with E-state index in [-0.39, 0.29) is 12.0 Å². The summed E-state index contributed by atoms with van der Waals surface area (Å²) in [6.45, 7) is 6.20. The summed E-state index contributed by atoms with van der Waals surface area (Å²) < 4.78 is 21.2. The first kappa shape index (κ1) is 16.4. The van der Waals surface area contributed by atoms with Crippen molar-refractivity contribution in [3.8, 4) is 0 Å². The zero-order valence-electron chi connectivity index (χ0n) is 12.8. The van der Waals surface area contributed by atoms with E-state index in [1.165, 1.54) is 0 Å². The lowest BCUT2D eigenvalue weighted by molar-refractivity contribution is 0.0714. The Morgan fingerprint density at radius 1 is 1.29 bits per heavy atom. The van der Waals surface area contributed by atoms with E-state index >= 15 is 0 Å². The highest BCUT2D eigenvalue weighted by molar-refractivity contribution is 5.02. The highest BCUT2D eigenvalue weighted by Crippen LogP contribution is 2.24. The van der Waals surface area contributed by atoms with Gasteiger partial charge in [0.05, 0.1) is 39.0 Å². The molecule has 1 aliphatic rings. The molecular weight excluding hydrogens is 274 g/mol. The summed E-state index contributed by atoms with van der Waals surface area (Å²) in [7, 11) is 1.65. The standard InChI is InChI=1S/C14H25N3O4/c1-3-5-15-12-10-20-9-11(12)14-16-13(17-21-14)4-6-19-8-7-18-2/h11-12,15H,3-10H2,1-2H3. The van der Waals surface area contributed by atoms with Gasteiger partial charge < -0.3 is 24.1 Å². The minimum atomic E-state index is 0.146. The number of methoxy groups -OCH3 is 1. The third-order valence-corrected chi connectivity index (χ3v) is 3.44. The second kappa shape index (κ2) is 9.09. The van der Waals surface area contributed by atoms with Gasteiger partial charge in [0.2, 0.25) is 5.89 Å². The van der Waals surface area contributed by atoms with Crippen LogP contribution in [0.15, 0.2) is 4.52 Å². The fraction of sp³-hybridized carbons (Fsp3) is 0.857. The maximum atomic E-state index is 5.53. The highest BCUT2D eigenvalue weighted by atomic mass is 16.5. The van der Waals surface area contributed by atoms with Gasteiger partial charge in [-0.05, 0) is 13.0 Å². The van der Waals surface area contributed by atoms with E-state index in [1.54, 1.807) is 7.11 Å². The van der Waals surface area contributed by atoms with Gasteiger partial charge in [-0.2, -0.15) is 4.98 Å². The molecule has 1 aromatic rings. The molecule has 7 heteroatoms. The monoisotopic (exact) mass is 299 g/mol. The zero-order chi connectivity index (χ0) is 14.9. The molecule has 0 bridgehead atoms. The molecule has 0 aliphatic carbocycles. The molecule has 0 radical (unpaired) electrons. The van der Waals surface area contributed by atoms with Crippen LogP contribution in [0, 0.1) is 0 Å². The van der Waals surface area contributed by atoms with Crippen LogP contribution in [-0.2, 0) is 20.6 Å². The van der Waals surface area contributed by atoms with E-state index in [2.05, 4.69) is 22.4 Å². The first-order chi connectivity index (χ1) is 10.3. The first-order valence-electron chi connectivity index (χ1n) is 7.55. The number of aromatic nitrogens is 2. The molecular formula is C14H25N3O4. The van der Waals surface area contributed by atoms with E-state index in [0.717, 1.165) is 13.0 Å². The molecule has 1 saturated heterocycles. The molecule has 21 heavy (non-hydrogen) atoms. The van der Waals surface area contributed by atoms with Gasteiger partial charge in [-0.15, -0.1) is 0 Å². The van der Waals surface area contributed by atoms with Crippen molar-refractivity contribution in [1.82, 2.24) is 15.5 Å². The molecule has 0 amide bonds. The minimum absolute atomic E-state index is 0.146. The second-order valence-electron chi connectivity index (χ2n) is 5.11. The van der Waals surface area contributed by atoms with Crippen molar-refractivity contribution in [3.63, 3.8) is 0 Å². The first-order valence-corrected chi connectivity index (χ1v) is 7.55. The normalized spacial score (nSPS) is 22.0. The Labute approximate surface area is 125 Å². The Hall–Kier alpha value is -1.02. The van der Waals surface area contributed by atoms with Crippen LogP contribution in [0.2, 0.25) is 0 Å². The molecule has 2 rings (SSSR count). The topological polar surface area (TPSA) is 78.6 Å². The Balaban J connectivity index is 1.78. The summed E-state index contributed by atoms with van der Waals surface area (Å²) in [6, 6.07) is 0.260. The predicted octanol–water partition coefficient (Wildman–Crippen LogP) is 0.757. The third-order valence-electron chi connectivity index (χ3n) is 3.44. The average molecular weight is 299 g/mol. The molecule has 2 unspecified atom stereocenters. The van der Waals surface area contributed by atoms with Gasteiger partial charge in [-0.3, -0.25) is 0 Å². The van der Waals surface area contributed by atoms with Crippen molar-refractivity contribution in [2.45, 2.75) is 31.7 Å². The van der Waals surface area contributed by atoms with E-state index in [4.69, 9.17) is 18.7 Å². The molecule has 0 spiro atoms. The zero-order valence-corrected chi connectivity index (χ0v) is 12.8. The van der Waals surface area contributed by atoms with Crippen LogP contribution in [0.5, 0.6) is 0 Å². The fourth-order valence-electron chi connectivity index (χ4n) is 2.26. The van der Waals surface area contributed by atoms with Crippen LogP contribution < -0.4 is 5.32 Å². The summed E-state index contributed by atoms with van der Waals surface area (Å²) in [5.41, 5.74) is 0. The van der Waals surface area contributed by atoms with Gasteiger partial charge in [0.1, 0.15) is 0 Å². The van der Waals surface area contributed by atoms with Crippen LogP contribution in [-0.4, -0.2) is 62.9 Å². The highest BCUT2D eigenvalue weighted by Gasteiger charge is 2.33. The summed E-state index contributed by atoms with van der Waals surface area (Å²) >= 11 is 0. The number of hydrogen-bond donors (Lipinski definition) is 1. The van der Waals surface area contributed by atoms with Crippen molar-refractivity contribution in [3.05, 3.63) is 11.7 Å². The van der Waals surface area contributed by atoms with Crippen molar-refractivity contribution >= 4 is 0 Å². The molecule has 1 N–H and O–H groups in total. The SMILES string of the molecule is CCCNC1COCC1c1nc(CCOCCOC)no1. The number of hydrogen-bond acceptors (Lipinski definition) is 7. The summed E-state index contributed by atoms with van der Waals surface area (Å²) in [5, 5.41) is 7.48. The van der Waals surface area contributed by atoms with Gasteiger partial charge in [0.25, 0.3) is 0 Å². The summed E-state index contributed by atoms with van der Waals surface area (Å²) in [5.74, 6) is 1.49. The van der Waals surface area contributed by atoms with E-state index in [1.807, 2.05) is 0 Å². The number of rotatable bonds is 10. The van der Waals surface area contributed by atoms with Crippen LogP contribution in [0.3, 0.4) is 0 Å². The lowest BCUT2D eigenvalue weighted by atomic mass is 10.0. The molecule has 0 saturated carbocycles. The van der Waals surface area contributed by atoms with Crippen LogP contribution in [0.1, 0.15) is 31.0 Å². The number of nitrogens with zero attached hydrogens (tertiary/aromatic N) is 2. The van der Waals surface area contributed by atoms with Crippen molar-refractivity contribution in [2.24, 2.45) is 0 Å². The molecule has 1 fully saturated rings. The van der Waals surface area contributed by atoms with E-state index in [9.17, 15) is 0 Å². The Kier molecular flexibility index (Phi) is 7.08. The van der Waals surface area contributed by atoms with Gasteiger partial charge in [0, 0.05) is 19.6 Å². The molecule has 2 heterocycles. The Morgan fingerprint density at radius 3 is 3.00 bits per heavy atom. The maximum Gasteiger partial charge on any atom is 0.233 e.